The van der Waals surface area contributed by atoms with Crippen molar-refractivity contribution in [2.75, 3.05) is 33.4 Å². The van der Waals surface area contributed by atoms with Crippen LogP contribution in [-0.4, -0.2) is 50.2 Å². The van der Waals surface area contributed by atoms with E-state index in [1.165, 1.54) is 5.56 Å². The van der Waals surface area contributed by atoms with E-state index >= 15 is 0 Å². The number of halogens is 1. The summed E-state index contributed by atoms with van der Waals surface area (Å²) in [4.78, 5) is 14.8. The molecule has 2 aliphatic heterocycles. The van der Waals surface area contributed by atoms with E-state index in [4.69, 9.17) is 9.47 Å². The Labute approximate surface area is 149 Å². The molecule has 0 spiro atoms. The van der Waals surface area contributed by atoms with E-state index in [0.29, 0.717) is 31.1 Å². The van der Waals surface area contributed by atoms with Gasteiger partial charge in [0.15, 0.2) is 11.5 Å². The molecule has 1 aliphatic carbocycles. The molecule has 1 amide bonds. The Bertz CT molecular complexity index is 610. The topological polar surface area (TPSA) is 50.8 Å². The van der Waals surface area contributed by atoms with Crippen molar-refractivity contribution >= 4 is 18.3 Å². The third-order valence-electron chi connectivity index (χ3n) is 5.24. The molecule has 0 bridgehead atoms. The van der Waals surface area contributed by atoms with Gasteiger partial charge in [0.25, 0.3) is 0 Å². The van der Waals surface area contributed by atoms with Crippen LogP contribution in [0, 0.1) is 5.92 Å². The lowest BCUT2D eigenvalue weighted by atomic mass is 10.0. The maximum Gasteiger partial charge on any atom is 0.226 e. The molecular formula is C18H25ClN2O3. The molecule has 1 N–H and O–H groups in total. The second-order valence-electron chi connectivity index (χ2n) is 6.76. The van der Waals surface area contributed by atoms with Crippen LogP contribution in [0.3, 0.4) is 0 Å². The van der Waals surface area contributed by atoms with Crippen molar-refractivity contribution in [1.82, 2.24) is 10.2 Å². The summed E-state index contributed by atoms with van der Waals surface area (Å²) in [6.45, 7) is 2.96. The molecule has 4 rings (SSSR count). The first-order chi connectivity index (χ1) is 11.3. The average Bonchev–Trinajstić information content (AvgIpc) is 3.41. The number of nitrogens with one attached hydrogen (secondary N) is 1. The number of fused-ring (bicyclic) bond motifs is 1. The summed E-state index contributed by atoms with van der Waals surface area (Å²) in [6.07, 6.45) is 3.22. The molecule has 0 aromatic heterocycles. The first kappa shape index (κ1) is 17.4. The van der Waals surface area contributed by atoms with Gasteiger partial charge in [-0.15, -0.1) is 12.4 Å². The smallest absolute Gasteiger partial charge is 0.226 e. The number of nitrogens with zero attached hydrogens (tertiary/aromatic N) is 1. The summed E-state index contributed by atoms with van der Waals surface area (Å²) in [6, 6.07) is 6.55. The van der Waals surface area contributed by atoms with Crippen molar-refractivity contribution in [3.8, 4) is 11.5 Å². The lowest BCUT2D eigenvalue weighted by Crippen LogP contribution is -2.47. The molecule has 132 valence electrons. The van der Waals surface area contributed by atoms with Crippen molar-refractivity contribution < 1.29 is 14.3 Å². The molecule has 3 aliphatic rings. The van der Waals surface area contributed by atoms with Gasteiger partial charge in [-0.2, -0.15) is 0 Å². The number of carbonyl (C=O) groups is 1. The highest BCUT2D eigenvalue weighted by atomic mass is 35.5. The second-order valence-corrected chi connectivity index (χ2v) is 6.76. The predicted octanol–water partition coefficient (Wildman–Crippen LogP) is 2.19. The number of hydrogen-bond donors (Lipinski definition) is 1. The summed E-state index contributed by atoms with van der Waals surface area (Å²) >= 11 is 0. The van der Waals surface area contributed by atoms with Crippen LogP contribution in [0.15, 0.2) is 18.2 Å². The number of carbonyl (C=O) groups excluding carboxylic acids is 1. The number of rotatable bonds is 3. The summed E-state index contributed by atoms with van der Waals surface area (Å²) in [5, 5.41) is 3.30. The molecule has 5 nitrogen and oxygen atoms in total. The summed E-state index contributed by atoms with van der Waals surface area (Å²) in [7, 11) is 1.98. The van der Waals surface area contributed by atoms with Crippen LogP contribution in [0.5, 0.6) is 11.5 Å². The summed E-state index contributed by atoms with van der Waals surface area (Å²) in [5.41, 5.74) is 1.20. The Balaban J connectivity index is 0.00000169. The van der Waals surface area contributed by atoms with Crippen LogP contribution in [-0.2, 0) is 4.79 Å². The Morgan fingerprint density at radius 2 is 2.04 bits per heavy atom. The van der Waals surface area contributed by atoms with Crippen LogP contribution >= 0.6 is 12.4 Å². The van der Waals surface area contributed by atoms with Gasteiger partial charge in [0.2, 0.25) is 5.91 Å². The van der Waals surface area contributed by atoms with Gasteiger partial charge in [-0.25, -0.2) is 0 Å². The molecule has 1 saturated carbocycles. The number of likely N-dealkylation sites (tertiary alicyclic amines) is 1. The Hall–Kier alpha value is -1.46. The summed E-state index contributed by atoms with van der Waals surface area (Å²) in [5.74, 6) is 2.45. The van der Waals surface area contributed by atoms with Gasteiger partial charge in [-0.3, -0.25) is 4.79 Å². The highest BCUT2D eigenvalue weighted by Crippen LogP contribution is 2.50. The van der Waals surface area contributed by atoms with E-state index in [9.17, 15) is 4.79 Å². The highest BCUT2D eigenvalue weighted by Gasteiger charge is 2.46. The minimum absolute atomic E-state index is 0. The van der Waals surface area contributed by atoms with Crippen molar-refractivity contribution in [3.63, 3.8) is 0 Å². The van der Waals surface area contributed by atoms with Crippen LogP contribution in [0.4, 0.5) is 0 Å². The van der Waals surface area contributed by atoms with Crippen molar-refractivity contribution in [3.05, 3.63) is 23.8 Å². The lowest BCUT2D eigenvalue weighted by molar-refractivity contribution is -0.134. The standard InChI is InChI=1S/C18H24N2O3.ClH/c1-19-13-3-2-6-20(11-13)18(21)15-10-14(15)12-4-5-16-17(9-12)23-8-7-22-16;/h4-5,9,13-15,19H,2-3,6-8,10-11H2,1H3;1H. The zero-order valence-electron chi connectivity index (χ0n) is 14.0. The molecule has 0 radical (unpaired) electrons. The van der Waals surface area contributed by atoms with E-state index in [0.717, 1.165) is 43.9 Å². The number of ether oxygens (including phenoxy) is 2. The Morgan fingerprint density at radius 3 is 2.83 bits per heavy atom. The van der Waals surface area contributed by atoms with Gasteiger partial charge in [0.1, 0.15) is 13.2 Å². The zero-order chi connectivity index (χ0) is 15.8. The summed E-state index contributed by atoms with van der Waals surface area (Å²) < 4.78 is 11.2. The molecule has 24 heavy (non-hydrogen) atoms. The highest BCUT2D eigenvalue weighted by molar-refractivity contribution is 5.85. The third-order valence-corrected chi connectivity index (χ3v) is 5.24. The zero-order valence-corrected chi connectivity index (χ0v) is 14.8. The SMILES string of the molecule is CNC1CCCN(C(=O)C2CC2c2ccc3c(c2)OCCO3)C1.Cl. The lowest BCUT2D eigenvalue weighted by Gasteiger charge is -2.32. The molecule has 6 heteroatoms. The molecule has 1 aromatic rings. The first-order valence-electron chi connectivity index (χ1n) is 8.62. The number of likely N-dealkylation sites (N-methyl/N-ethyl adjacent to an activating group) is 1. The molecule has 1 aromatic carbocycles. The first-order valence-corrected chi connectivity index (χ1v) is 8.62. The molecule has 2 fully saturated rings. The van der Waals surface area contributed by atoms with E-state index < -0.39 is 0 Å². The fourth-order valence-electron chi connectivity index (χ4n) is 3.77. The van der Waals surface area contributed by atoms with Crippen LogP contribution < -0.4 is 14.8 Å². The van der Waals surface area contributed by atoms with E-state index in [1.807, 2.05) is 18.0 Å². The van der Waals surface area contributed by atoms with E-state index in [1.54, 1.807) is 0 Å². The Kier molecular flexibility index (Phi) is 5.21. The predicted molar refractivity (Wildman–Crippen MR) is 94.2 cm³/mol. The maximum atomic E-state index is 12.7. The molecule has 3 unspecified atom stereocenters. The van der Waals surface area contributed by atoms with Gasteiger partial charge >= 0.3 is 0 Å². The average molecular weight is 353 g/mol. The number of benzene rings is 1. The van der Waals surface area contributed by atoms with Crippen LogP contribution in [0.2, 0.25) is 0 Å². The van der Waals surface area contributed by atoms with Crippen molar-refractivity contribution in [2.45, 2.75) is 31.2 Å². The van der Waals surface area contributed by atoms with Gasteiger partial charge in [-0.05, 0) is 49.9 Å². The van der Waals surface area contributed by atoms with Crippen LogP contribution in [0.25, 0.3) is 0 Å². The van der Waals surface area contributed by atoms with Gasteiger partial charge in [0, 0.05) is 25.0 Å². The molecule has 3 atom stereocenters. The number of amides is 1. The fourth-order valence-corrected chi connectivity index (χ4v) is 3.77. The van der Waals surface area contributed by atoms with Gasteiger partial charge in [0.05, 0.1) is 0 Å². The number of hydrogen-bond acceptors (Lipinski definition) is 4. The van der Waals surface area contributed by atoms with Gasteiger partial charge in [-0.1, -0.05) is 6.07 Å². The van der Waals surface area contributed by atoms with E-state index in [2.05, 4.69) is 17.4 Å². The van der Waals surface area contributed by atoms with Crippen molar-refractivity contribution in [1.29, 1.82) is 0 Å². The second kappa shape index (κ2) is 7.19. The monoisotopic (exact) mass is 352 g/mol. The fraction of sp³-hybridized carbons (Fsp3) is 0.611. The normalized spacial score (nSPS) is 28.0. The van der Waals surface area contributed by atoms with E-state index in [-0.39, 0.29) is 18.3 Å². The van der Waals surface area contributed by atoms with Gasteiger partial charge < -0.3 is 19.7 Å². The minimum Gasteiger partial charge on any atom is -0.486 e. The maximum absolute atomic E-state index is 12.7. The molecule has 1 saturated heterocycles. The quantitative estimate of drug-likeness (QED) is 0.906. The van der Waals surface area contributed by atoms with Crippen molar-refractivity contribution in [2.24, 2.45) is 5.92 Å². The minimum atomic E-state index is 0. The Morgan fingerprint density at radius 1 is 1.25 bits per heavy atom. The largest absolute Gasteiger partial charge is 0.486 e. The third kappa shape index (κ3) is 3.33. The van der Waals surface area contributed by atoms with Crippen LogP contribution in [0.1, 0.15) is 30.7 Å². The molecule has 2 heterocycles. The number of piperidine rings is 1. The molecular weight excluding hydrogens is 328 g/mol.